The average Bonchev–Trinajstić information content (AvgIpc) is 2.43. The van der Waals surface area contributed by atoms with Gasteiger partial charge in [0.15, 0.2) is 0 Å². The van der Waals surface area contributed by atoms with Crippen LogP contribution >= 0.6 is 11.6 Å². The zero-order valence-corrected chi connectivity index (χ0v) is 13.3. The number of amides is 1. The largest absolute Gasteiger partial charge is 0.396 e. The molecule has 0 bridgehead atoms. The van der Waals surface area contributed by atoms with E-state index in [-0.39, 0.29) is 17.9 Å². The van der Waals surface area contributed by atoms with E-state index >= 15 is 0 Å². The highest BCUT2D eigenvalue weighted by atomic mass is 35.5. The number of rotatable bonds is 7. The third kappa shape index (κ3) is 4.22. The van der Waals surface area contributed by atoms with Crippen LogP contribution in [0.2, 0.25) is 5.02 Å². The van der Waals surface area contributed by atoms with Gasteiger partial charge < -0.3 is 10.4 Å². The van der Waals surface area contributed by atoms with E-state index in [1.165, 1.54) is 0 Å². The Morgan fingerprint density at radius 3 is 2.50 bits per heavy atom. The van der Waals surface area contributed by atoms with Gasteiger partial charge in [-0.05, 0) is 55.4 Å². The van der Waals surface area contributed by atoms with Crippen LogP contribution in [0.25, 0.3) is 0 Å². The normalized spacial score (nSPS) is 11.4. The zero-order chi connectivity index (χ0) is 15.2. The smallest absolute Gasteiger partial charge is 0.251 e. The molecule has 1 aromatic carbocycles. The summed E-state index contributed by atoms with van der Waals surface area (Å²) < 4.78 is 0. The monoisotopic (exact) mass is 297 g/mol. The van der Waals surface area contributed by atoms with Crippen molar-refractivity contribution in [1.82, 2.24) is 5.32 Å². The Labute approximate surface area is 126 Å². The van der Waals surface area contributed by atoms with Gasteiger partial charge in [0.25, 0.3) is 5.91 Å². The van der Waals surface area contributed by atoms with Gasteiger partial charge in [0.05, 0.1) is 0 Å². The van der Waals surface area contributed by atoms with Crippen molar-refractivity contribution in [3.63, 3.8) is 0 Å². The summed E-state index contributed by atoms with van der Waals surface area (Å²) in [6.45, 7) is 6.80. The van der Waals surface area contributed by atoms with Crippen molar-refractivity contribution in [2.75, 3.05) is 13.2 Å². The van der Waals surface area contributed by atoms with E-state index < -0.39 is 0 Å². The lowest BCUT2D eigenvalue weighted by atomic mass is 9.79. The standard InChI is InChI=1S/C16H24ClNO2/c1-4-16(5-2,8-9-19)11-18-15(20)14-7-6-13(17)10-12(14)3/h6-7,10,19H,4-5,8-9,11H2,1-3H3,(H,18,20). The van der Waals surface area contributed by atoms with Crippen LogP contribution < -0.4 is 5.32 Å². The van der Waals surface area contributed by atoms with Gasteiger partial charge in [-0.25, -0.2) is 0 Å². The lowest BCUT2D eigenvalue weighted by molar-refractivity contribution is 0.0906. The zero-order valence-electron chi connectivity index (χ0n) is 12.5. The van der Waals surface area contributed by atoms with Crippen LogP contribution in [0.3, 0.4) is 0 Å². The topological polar surface area (TPSA) is 49.3 Å². The molecule has 112 valence electrons. The van der Waals surface area contributed by atoms with Crippen LogP contribution in [0, 0.1) is 12.3 Å². The van der Waals surface area contributed by atoms with E-state index in [0.717, 1.165) is 18.4 Å². The predicted octanol–water partition coefficient (Wildman–Crippen LogP) is 3.57. The van der Waals surface area contributed by atoms with Gasteiger partial charge in [-0.15, -0.1) is 0 Å². The molecule has 0 aliphatic carbocycles. The second-order valence-corrected chi connectivity index (χ2v) is 5.76. The summed E-state index contributed by atoms with van der Waals surface area (Å²) in [6, 6.07) is 5.26. The Kier molecular flexibility index (Phi) is 6.50. The Bertz CT molecular complexity index is 456. The molecule has 1 aromatic rings. The van der Waals surface area contributed by atoms with Crippen molar-refractivity contribution < 1.29 is 9.90 Å². The lowest BCUT2D eigenvalue weighted by Gasteiger charge is -2.31. The molecule has 0 fully saturated rings. The maximum Gasteiger partial charge on any atom is 0.251 e. The molecule has 0 radical (unpaired) electrons. The van der Waals surface area contributed by atoms with E-state index in [9.17, 15) is 9.90 Å². The molecule has 0 unspecified atom stereocenters. The van der Waals surface area contributed by atoms with Crippen LogP contribution in [0.4, 0.5) is 0 Å². The minimum absolute atomic E-state index is 0.0231. The number of halogens is 1. The molecule has 2 N–H and O–H groups in total. The number of aliphatic hydroxyl groups excluding tert-OH is 1. The van der Waals surface area contributed by atoms with E-state index in [4.69, 9.17) is 11.6 Å². The molecule has 0 saturated heterocycles. The van der Waals surface area contributed by atoms with Gasteiger partial charge in [-0.1, -0.05) is 25.4 Å². The summed E-state index contributed by atoms with van der Waals surface area (Å²) in [6.07, 6.45) is 2.58. The van der Waals surface area contributed by atoms with Gasteiger partial charge in [0.1, 0.15) is 0 Å². The molecule has 0 spiro atoms. The summed E-state index contributed by atoms with van der Waals surface area (Å²) in [5, 5.41) is 12.8. The van der Waals surface area contributed by atoms with Crippen LogP contribution in [0.15, 0.2) is 18.2 Å². The summed E-state index contributed by atoms with van der Waals surface area (Å²) in [5.74, 6) is -0.0802. The third-order valence-electron chi connectivity index (χ3n) is 4.20. The van der Waals surface area contributed by atoms with Crippen LogP contribution in [-0.4, -0.2) is 24.2 Å². The minimum atomic E-state index is -0.0802. The van der Waals surface area contributed by atoms with E-state index in [1.807, 2.05) is 6.92 Å². The summed E-state index contributed by atoms with van der Waals surface area (Å²) in [4.78, 5) is 12.2. The molecule has 0 heterocycles. The maximum atomic E-state index is 12.2. The van der Waals surface area contributed by atoms with Crippen molar-refractivity contribution in [3.8, 4) is 0 Å². The molecule has 0 atom stereocenters. The second kappa shape index (κ2) is 7.65. The SMILES string of the molecule is CCC(CC)(CCO)CNC(=O)c1ccc(Cl)cc1C. The molecule has 0 aliphatic rings. The van der Waals surface area contributed by atoms with Gasteiger partial charge >= 0.3 is 0 Å². The predicted molar refractivity (Wildman–Crippen MR) is 83.2 cm³/mol. The molecule has 20 heavy (non-hydrogen) atoms. The fourth-order valence-corrected chi connectivity index (χ4v) is 2.65. The Hall–Kier alpha value is -1.06. The average molecular weight is 298 g/mol. The van der Waals surface area contributed by atoms with Crippen LogP contribution in [0.5, 0.6) is 0 Å². The fraction of sp³-hybridized carbons (Fsp3) is 0.562. The summed E-state index contributed by atoms with van der Waals surface area (Å²) >= 11 is 5.90. The quantitative estimate of drug-likeness (QED) is 0.808. The number of benzene rings is 1. The van der Waals surface area contributed by atoms with E-state index in [2.05, 4.69) is 19.2 Å². The molecule has 4 heteroatoms. The Balaban J connectivity index is 2.75. The molecule has 0 aliphatic heterocycles. The highest BCUT2D eigenvalue weighted by Gasteiger charge is 2.26. The van der Waals surface area contributed by atoms with Crippen LogP contribution in [-0.2, 0) is 0 Å². The van der Waals surface area contributed by atoms with E-state index in [0.29, 0.717) is 23.6 Å². The molecule has 1 rings (SSSR count). The summed E-state index contributed by atoms with van der Waals surface area (Å²) in [5.41, 5.74) is 1.50. The second-order valence-electron chi connectivity index (χ2n) is 5.32. The number of carbonyl (C=O) groups is 1. The number of nitrogens with one attached hydrogen (secondary N) is 1. The summed E-state index contributed by atoms with van der Waals surface area (Å²) in [7, 11) is 0. The van der Waals surface area contributed by atoms with Gasteiger partial charge in [0.2, 0.25) is 0 Å². The molecule has 0 saturated carbocycles. The van der Waals surface area contributed by atoms with Crippen molar-refractivity contribution in [2.45, 2.75) is 40.0 Å². The Morgan fingerprint density at radius 1 is 1.35 bits per heavy atom. The lowest BCUT2D eigenvalue weighted by Crippen LogP contribution is -2.37. The first-order valence-electron chi connectivity index (χ1n) is 7.13. The number of aliphatic hydroxyl groups is 1. The third-order valence-corrected chi connectivity index (χ3v) is 4.43. The Morgan fingerprint density at radius 2 is 2.00 bits per heavy atom. The van der Waals surface area contributed by atoms with Gasteiger partial charge in [-0.2, -0.15) is 0 Å². The van der Waals surface area contributed by atoms with E-state index in [1.54, 1.807) is 18.2 Å². The first-order valence-corrected chi connectivity index (χ1v) is 7.51. The fourth-order valence-electron chi connectivity index (χ4n) is 2.42. The minimum Gasteiger partial charge on any atom is -0.396 e. The first-order chi connectivity index (χ1) is 9.48. The molecular weight excluding hydrogens is 274 g/mol. The van der Waals surface area contributed by atoms with Crippen LogP contribution in [0.1, 0.15) is 49.0 Å². The van der Waals surface area contributed by atoms with Crippen molar-refractivity contribution in [1.29, 1.82) is 0 Å². The van der Waals surface area contributed by atoms with Crippen molar-refractivity contribution in [3.05, 3.63) is 34.3 Å². The maximum absolute atomic E-state index is 12.2. The highest BCUT2D eigenvalue weighted by Crippen LogP contribution is 2.29. The van der Waals surface area contributed by atoms with Crippen molar-refractivity contribution >= 4 is 17.5 Å². The number of carbonyl (C=O) groups excluding carboxylic acids is 1. The van der Waals surface area contributed by atoms with Gasteiger partial charge in [-0.3, -0.25) is 4.79 Å². The first kappa shape index (κ1) is 17.0. The molecule has 0 aromatic heterocycles. The molecular formula is C16H24ClNO2. The van der Waals surface area contributed by atoms with Gasteiger partial charge in [0, 0.05) is 23.7 Å². The number of aryl methyl sites for hydroxylation is 1. The number of hydrogen-bond acceptors (Lipinski definition) is 2. The highest BCUT2D eigenvalue weighted by molar-refractivity contribution is 6.30. The number of hydrogen-bond donors (Lipinski definition) is 2. The molecule has 3 nitrogen and oxygen atoms in total. The van der Waals surface area contributed by atoms with Crippen molar-refractivity contribution in [2.24, 2.45) is 5.41 Å². The molecule has 1 amide bonds.